The first kappa shape index (κ1) is 13.4. The number of ketones is 1. The molecule has 1 aromatic carbocycles. The second kappa shape index (κ2) is 6.77. The Bertz CT molecular complexity index is 437. The van der Waals surface area contributed by atoms with Gasteiger partial charge in [-0.15, -0.1) is 0 Å². The molecule has 0 saturated carbocycles. The summed E-state index contributed by atoms with van der Waals surface area (Å²) in [5.74, 6) is 1.17. The zero-order valence-corrected chi connectivity index (χ0v) is 12.4. The van der Waals surface area contributed by atoms with Crippen LogP contribution in [0.2, 0.25) is 5.32 Å². The molecule has 1 aliphatic rings. The molecule has 0 heterocycles. The molecule has 0 N–H and O–H groups in total. The van der Waals surface area contributed by atoms with E-state index >= 15 is 0 Å². The van der Waals surface area contributed by atoms with E-state index in [9.17, 15) is 4.79 Å². The van der Waals surface area contributed by atoms with Crippen molar-refractivity contribution >= 4 is 25.2 Å². The third-order valence-corrected chi connectivity index (χ3v) is 5.30. The molecule has 18 heavy (non-hydrogen) atoms. The van der Waals surface area contributed by atoms with Crippen molar-refractivity contribution in [3.8, 4) is 0 Å². The molecule has 1 aromatic rings. The summed E-state index contributed by atoms with van der Waals surface area (Å²) in [6, 6.07) is 10.6. The molecule has 0 unspecified atom stereocenters. The van der Waals surface area contributed by atoms with Crippen molar-refractivity contribution in [3.63, 3.8) is 0 Å². The Morgan fingerprint density at radius 1 is 1.22 bits per heavy atom. The Balaban J connectivity index is 1.64. The molecule has 0 amide bonds. The predicted octanol–water partition coefficient (Wildman–Crippen LogP) is 2.48. The number of carbonyl (C=O) groups is 1. The van der Waals surface area contributed by atoms with Crippen LogP contribution in [0.5, 0.6) is 0 Å². The van der Waals surface area contributed by atoms with Crippen molar-refractivity contribution in [2.75, 3.05) is 6.61 Å². The standard InChI is InChI=1S/C15H18O2Se/c1-12-14(16)8-9-15(12)17-10-5-11-18-13-6-3-2-4-7-13/h2-4,6-7H,5,8-11H2,1H3. The summed E-state index contributed by atoms with van der Waals surface area (Å²) in [5, 5.41) is 1.19. The number of hydrogen-bond donors (Lipinski definition) is 0. The van der Waals surface area contributed by atoms with Gasteiger partial charge in [-0.25, -0.2) is 0 Å². The number of allylic oxidation sites excluding steroid dienone is 2. The first-order valence-corrected chi connectivity index (χ1v) is 8.38. The summed E-state index contributed by atoms with van der Waals surface area (Å²) < 4.78 is 7.13. The third-order valence-electron chi connectivity index (χ3n) is 2.99. The van der Waals surface area contributed by atoms with Crippen LogP contribution in [-0.4, -0.2) is 27.3 Å². The molecule has 0 aromatic heterocycles. The quantitative estimate of drug-likeness (QED) is 0.596. The van der Waals surface area contributed by atoms with E-state index in [1.807, 2.05) is 6.92 Å². The van der Waals surface area contributed by atoms with Gasteiger partial charge in [0.05, 0.1) is 0 Å². The average molecular weight is 309 g/mol. The zero-order valence-electron chi connectivity index (χ0n) is 10.6. The maximum absolute atomic E-state index is 11.3. The van der Waals surface area contributed by atoms with Crippen molar-refractivity contribution in [1.82, 2.24) is 0 Å². The summed E-state index contributed by atoms with van der Waals surface area (Å²) in [6.07, 6.45) is 2.50. The molecule has 96 valence electrons. The van der Waals surface area contributed by atoms with Crippen molar-refractivity contribution in [3.05, 3.63) is 41.7 Å². The molecule has 3 heteroatoms. The summed E-state index contributed by atoms with van der Waals surface area (Å²) in [7, 11) is 0. The van der Waals surface area contributed by atoms with Crippen LogP contribution in [0.3, 0.4) is 0 Å². The fourth-order valence-electron chi connectivity index (χ4n) is 1.90. The van der Waals surface area contributed by atoms with Crippen molar-refractivity contribution in [2.45, 2.75) is 31.5 Å². The van der Waals surface area contributed by atoms with E-state index in [0.717, 1.165) is 30.8 Å². The Hall–Kier alpha value is -1.05. The van der Waals surface area contributed by atoms with Crippen LogP contribution in [0.15, 0.2) is 41.7 Å². The van der Waals surface area contributed by atoms with E-state index in [2.05, 4.69) is 30.3 Å². The molecule has 1 aliphatic carbocycles. The van der Waals surface area contributed by atoms with Gasteiger partial charge >= 0.3 is 115 Å². The Labute approximate surface area is 115 Å². The monoisotopic (exact) mass is 310 g/mol. The zero-order chi connectivity index (χ0) is 12.8. The first-order valence-electron chi connectivity index (χ1n) is 6.31. The van der Waals surface area contributed by atoms with Gasteiger partial charge in [-0.1, -0.05) is 0 Å². The summed E-state index contributed by atoms with van der Waals surface area (Å²) in [4.78, 5) is 11.3. The van der Waals surface area contributed by atoms with Crippen LogP contribution < -0.4 is 4.46 Å². The molecule has 0 aliphatic heterocycles. The SMILES string of the molecule is CC1=C(OCCC[Se]c2ccccc2)CCC1=O. The minimum atomic E-state index is 0.249. The summed E-state index contributed by atoms with van der Waals surface area (Å²) in [5.41, 5.74) is 0.837. The van der Waals surface area contributed by atoms with E-state index in [4.69, 9.17) is 4.74 Å². The van der Waals surface area contributed by atoms with E-state index in [0.29, 0.717) is 21.4 Å². The second-order valence-electron chi connectivity index (χ2n) is 4.33. The fourth-order valence-corrected chi connectivity index (χ4v) is 3.68. The topological polar surface area (TPSA) is 26.3 Å². The number of carbonyl (C=O) groups excluding carboxylic acids is 1. The Kier molecular flexibility index (Phi) is 5.03. The molecule has 0 saturated heterocycles. The summed E-state index contributed by atoms with van der Waals surface area (Å²) >= 11 is 0.541. The molecule has 0 radical (unpaired) electrons. The Morgan fingerprint density at radius 3 is 2.67 bits per heavy atom. The van der Waals surface area contributed by atoms with Gasteiger partial charge in [0.25, 0.3) is 0 Å². The van der Waals surface area contributed by atoms with Crippen LogP contribution in [0.1, 0.15) is 26.2 Å². The molecule has 0 spiro atoms. The molecule has 0 fully saturated rings. The van der Waals surface area contributed by atoms with Gasteiger partial charge in [0.15, 0.2) is 0 Å². The van der Waals surface area contributed by atoms with Gasteiger partial charge in [-0.2, -0.15) is 0 Å². The van der Waals surface area contributed by atoms with Crippen molar-refractivity contribution < 1.29 is 9.53 Å². The summed E-state index contributed by atoms with van der Waals surface area (Å²) in [6.45, 7) is 2.62. The third kappa shape index (κ3) is 3.72. The van der Waals surface area contributed by atoms with Crippen LogP contribution in [0.25, 0.3) is 0 Å². The van der Waals surface area contributed by atoms with E-state index in [1.54, 1.807) is 0 Å². The van der Waals surface area contributed by atoms with Crippen molar-refractivity contribution in [2.24, 2.45) is 0 Å². The average Bonchev–Trinajstić information content (AvgIpc) is 2.71. The number of ether oxygens (including phenoxy) is 1. The first-order chi connectivity index (χ1) is 8.77. The van der Waals surface area contributed by atoms with Crippen molar-refractivity contribution in [1.29, 1.82) is 0 Å². The van der Waals surface area contributed by atoms with E-state index < -0.39 is 0 Å². The normalized spacial score (nSPS) is 15.3. The molecule has 2 nitrogen and oxygen atoms in total. The van der Waals surface area contributed by atoms with Gasteiger partial charge in [0.2, 0.25) is 0 Å². The molecule has 0 atom stereocenters. The van der Waals surface area contributed by atoms with Crippen LogP contribution in [0.4, 0.5) is 0 Å². The number of Topliss-reactive ketones (excluding diaryl/α,β-unsaturated/α-hetero) is 1. The molecular formula is C15H18O2Se. The van der Waals surface area contributed by atoms with Gasteiger partial charge < -0.3 is 0 Å². The maximum atomic E-state index is 11.3. The van der Waals surface area contributed by atoms with Crippen LogP contribution >= 0.6 is 0 Å². The van der Waals surface area contributed by atoms with E-state index in [-0.39, 0.29) is 5.78 Å². The van der Waals surface area contributed by atoms with Crippen LogP contribution in [-0.2, 0) is 9.53 Å². The molecule has 2 rings (SSSR count). The number of rotatable bonds is 6. The molecular weight excluding hydrogens is 291 g/mol. The van der Waals surface area contributed by atoms with Gasteiger partial charge in [0, 0.05) is 0 Å². The predicted molar refractivity (Wildman–Crippen MR) is 74.1 cm³/mol. The fraction of sp³-hybridized carbons (Fsp3) is 0.400. The number of benzene rings is 1. The van der Waals surface area contributed by atoms with Gasteiger partial charge in [-0.05, 0) is 0 Å². The minimum absolute atomic E-state index is 0.249. The molecule has 0 bridgehead atoms. The van der Waals surface area contributed by atoms with E-state index in [1.165, 1.54) is 9.78 Å². The Morgan fingerprint density at radius 2 is 2.00 bits per heavy atom. The van der Waals surface area contributed by atoms with Gasteiger partial charge in [-0.3, -0.25) is 0 Å². The second-order valence-corrected chi connectivity index (χ2v) is 6.79. The number of hydrogen-bond acceptors (Lipinski definition) is 2. The van der Waals surface area contributed by atoms with Gasteiger partial charge in [0.1, 0.15) is 0 Å². The van der Waals surface area contributed by atoms with Crippen LogP contribution in [0, 0.1) is 0 Å².